The molecule has 3 heteroatoms. The molecule has 86 valence electrons. The molecule has 1 aliphatic heterocycles. The largest absolute Gasteiger partial charge is 0.334 e. The molecule has 2 N–H and O–H groups in total. The highest BCUT2D eigenvalue weighted by atomic mass is 16.2. The van der Waals surface area contributed by atoms with Gasteiger partial charge in [0, 0.05) is 25.6 Å². The number of amides is 1. The Hall–Kier alpha value is -1.35. The number of nitrogens with two attached hydrogens (primary N) is 1. The predicted molar refractivity (Wildman–Crippen MR) is 63.7 cm³/mol. The maximum atomic E-state index is 11.8. The van der Waals surface area contributed by atoms with E-state index in [-0.39, 0.29) is 11.9 Å². The maximum Gasteiger partial charge on any atom is 0.223 e. The van der Waals surface area contributed by atoms with E-state index in [1.807, 2.05) is 23.1 Å². The number of benzene rings is 1. The first-order valence-electron chi connectivity index (χ1n) is 5.84. The van der Waals surface area contributed by atoms with Crippen LogP contribution in [0.25, 0.3) is 0 Å². The standard InChI is InChI=1S/C13H18N2O/c14-9-12-7-4-8-13(16)15(12)10-11-5-2-1-3-6-11/h1-3,5-6,12H,4,7-10,14H2. The number of carbonyl (C=O) groups excluding carboxylic acids is 1. The highest BCUT2D eigenvalue weighted by molar-refractivity contribution is 5.77. The van der Waals surface area contributed by atoms with Crippen molar-refractivity contribution in [2.45, 2.75) is 31.8 Å². The van der Waals surface area contributed by atoms with Gasteiger partial charge in [-0.3, -0.25) is 4.79 Å². The van der Waals surface area contributed by atoms with Gasteiger partial charge in [-0.25, -0.2) is 0 Å². The van der Waals surface area contributed by atoms with Gasteiger partial charge in [0.15, 0.2) is 0 Å². The number of likely N-dealkylation sites (tertiary alicyclic amines) is 1. The number of carbonyl (C=O) groups is 1. The molecular formula is C13H18N2O. The summed E-state index contributed by atoms with van der Waals surface area (Å²) in [5.41, 5.74) is 6.89. The van der Waals surface area contributed by atoms with Crippen LogP contribution in [0.15, 0.2) is 30.3 Å². The summed E-state index contributed by atoms with van der Waals surface area (Å²) in [6.45, 7) is 1.26. The Morgan fingerprint density at radius 3 is 2.75 bits per heavy atom. The van der Waals surface area contributed by atoms with Gasteiger partial charge in [-0.2, -0.15) is 0 Å². The van der Waals surface area contributed by atoms with Crippen molar-refractivity contribution in [3.63, 3.8) is 0 Å². The number of hydrogen-bond acceptors (Lipinski definition) is 2. The fourth-order valence-corrected chi connectivity index (χ4v) is 2.23. The van der Waals surface area contributed by atoms with E-state index in [1.54, 1.807) is 0 Å². The van der Waals surface area contributed by atoms with E-state index in [9.17, 15) is 4.79 Å². The molecule has 2 rings (SSSR count). The quantitative estimate of drug-likeness (QED) is 0.836. The molecule has 1 saturated heterocycles. The molecule has 0 saturated carbocycles. The molecule has 1 fully saturated rings. The van der Waals surface area contributed by atoms with Crippen molar-refractivity contribution in [1.82, 2.24) is 4.90 Å². The van der Waals surface area contributed by atoms with E-state index in [4.69, 9.17) is 5.73 Å². The molecule has 1 heterocycles. The Balaban J connectivity index is 2.08. The Bertz CT molecular complexity index is 350. The Labute approximate surface area is 96.2 Å². The van der Waals surface area contributed by atoms with Gasteiger partial charge in [0.1, 0.15) is 0 Å². The summed E-state index contributed by atoms with van der Waals surface area (Å²) >= 11 is 0. The van der Waals surface area contributed by atoms with Crippen LogP contribution in [-0.2, 0) is 11.3 Å². The number of nitrogens with zero attached hydrogens (tertiary/aromatic N) is 1. The molecule has 1 aliphatic rings. The van der Waals surface area contributed by atoms with Gasteiger partial charge < -0.3 is 10.6 Å². The Morgan fingerprint density at radius 1 is 1.31 bits per heavy atom. The minimum absolute atomic E-state index is 0.224. The molecule has 0 bridgehead atoms. The van der Waals surface area contributed by atoms with Crippen LogP contribution in [0, 0.1) is 0 Å². The van der Waals surface area contributed by atoms with Crippen LogP contribution >= 0.6 is 0 Å². The lowest BCUT2D eigenvalue weighted by Crippen LogP contribution is -2.46. The zero-order valence-electron chi connectivity index (χ0n) is 9.43. The van der Waals surface area contributed by atoms with E-state index >= 15 is 0 Å². The smallest absolute Gasteiger partial charge is 0.223 e. The maximum absolute atomic E-state index is 11.8. The summed E-state index contributed by atoms with van der Waals surface area (Å²) < 4.78 is 0. The average Bonchev–Trinajstić information content (AvgIpc) is 2.33. The first-order chi connectivity index (χ1) is 7.81. The molecule has 3 nitrogen and oxygen atoms in total. The van der Waals surface area contributed by atoms with Crippen molar-refractivity contribution in [1.29, 1.82) is 0 Å². The molecular weight excluding hydrogens is 200 g/mol. The summed E-state index contributed by atoms with van der Waals surface area (Å²) in [5, 5.41) is 0. The van der Waals surface area contributed by atoms with Crippen LogP contribution in [0.1, 0.15) is 24.8 Å². The molecule has 1 amide bonds. The zero-order valence-corrected chi connectivity index (χ0v) is 9.43. The van der Waals surface area contributed by atoms with E-state index in [1.165, 1.54) is 5.56 Å². The van der Waals surface area contributed by atoms with E-state index in [2.05, 4.69) is 12.1 Å². The van der Waals surface area contributed by atoms with Crippen molar-refractivity contribution in [2.24, 2.45) is 5.73 Å². The molecule has 0 spiro atoms. The van der Waals surface area contributed by atoms with Crippen molar-refractivity contribution >= 4 is 5.91 Å². The van der Waals surface area contributed by atoms with Crippen LogP contribution in [0.2, 0.25) is 0 Å². The Kier molecular flexibility index (Phi) is 3.57. The van der Waals surface area contributed by atoms with E-state index in [0.29, 0.717) is 19.5 Å². The average molecular weight is 218 g/mol. The van der Waals surface area contributed by atoms with Crippen molar-refractivity contribution in [3.8, 4) is 0 Å². The van der Waals surface area contributed by atoms with E-state index < -0.39 is 0 Å². The second-order valence-electron chi connectivity index (χ2n) is 4.29. The third-order valence-electron chi connectivity index (χ3n) is 3.16. The number of hydrogen-bond donors (Lipinski definition) is 1. The van der Waals surface area contributed by atoms with Crippen molar-refractivity contribution in [2.75, 3.05) is 6.54 Å². The molecule has 0 aliphatic carbocycles. The topological polar surface area (TPSA) is 46.3 Å². The molecule has 1 atom stereocenters. The molecule has 16 heavy (non-hydrogen) atoms. The molecule has 1 unspecified atom stereocenters. The first-order valence-corrected chi connectivity index (χ1v) is 5.84. The van der Waals surface area contributed by atoms with E-state index in [0.717, 1.165) is 12.8 Å². The third kappa shape index (κ3) is 2.42. The lowest BCUT2D eigenvalue weighted by atomic mass is 10.0. The summed E-state index contributed by atoms with van der Waals surface area (Å²) in [6, 6.07) is 10.3. The minimum Gasteiger partial charge on any atom is -0.334 e. The molecule has 1 aromatic rings. The second-order valence-corrected chi connectivity index (χ2v) is 4.29. The van der Waals surface area contributed by atoms with Gasteiger partial charge in [0.25, 0.3) is 0 Å². The fourth-order valence-electron chi connectivity index (χ4n) is 2.23. The Morgan fingerprint density at radius 2 is 2.06 bits per heavy atom. The summed E-state index contributed by atoms with van der Waals surface area (Å²) in [5.74, 6) is 0.241. The fraction of sp³-hybridized carbons (Fsp3) is 0.462. The minimum atomic E-state index is 0.224. The highest BCUT2D eigenvalue weighted by Gasteiger charge is 2.26. The summed E-state index contributed by atoms with van der Waals surface area (Å²) in [7, 11) is 0. The monoisotopic (exact) mass is 218 g/mol. The lowest BCUT2D eigenvalue weighted by molar-refractivity contribution is -0.136. The van der Waals surface area contributed by atoms with Gasteiger partial charge >= 0.3 is 0 Å². The first kappa shape index (κ1) is 11.1. The zero-order chi connectivity index (χ0) is 11.4. The summed E-state index contributed by atoms with van der Waals surface area (Å²) in [4.78, 5) is 13.8. The molecule has 1 aromatic carbocycles. The SMILES string of the molecule is NCC1CCCC(=O)N1Cc1ccccc1. The lowest BCUT2D eigenvalue weighted by Gasteiger charge is -2.35. The molecule has 0 aromatic heterocycles. The molecule has 0 radical (unpaired) electrons. The van der Waals surface area contributed by atoms with Gasteiger partial charge in [0.05, 0.1) is 0 Å². The van der Waals surface area contributed by atoms with Gasteiger partial charge in [-0.1, -0.05) is 30.3 Å². The van der Waals surface area contributed by atoms with Crippen molar-refractivity contribution in [3.05, 3.63) is 35.9 Å². The van der Waals surface area contributed by atoms with Gasteiger partial charge in [0.2, 0.25) is 5.91 Å². The van der Waals surface area contributed by atoms with Crippen LogP contribution in [0.4, 0.5) is 0 Å². The van der Waals surface area contributed by atoms with Gasteiger partial charge in [-0.15, -0.1) is 0 Å². The van der Waals surface area contributed by atoms with Crippen LogP contribution in [-0.4, -0.2) is 23.4 Å². The van der Waals surface area contributed by atoms with Crippen molar-refractivity contribution < 1.29 is 4.79 Å². The normalized spacial score (nSPS) is 21.2. The van der Waals surface area contributed by atoms with Crippen LogP contribution in [0.3, 0.4) is 0 Å². The van der Waals surface area contributed by atoms with Crippen LogP contribution < -0.4 is 5.73 Å². The van der Waals surface area contributed by atoms with Crippen LogP contribution in [0.5, 0.6) is 0 Å². The second kappa shape index (κ2) is 5.12. The highest BCUT2D eigenvalue weighted by Crippen LogP contribution is 2.19. The summed E-state index contributed by atoms with van der Waals surface area (Å²) in [6.07, 6.45) is 2.68. The number of piperidine rings is 1. The third-order valence-corrected chi connectivity index (χ3v) is 3.16. The number of rotatable bonds is 3. The van der Waals surface area contributed by atoms with Gasteiger partial charge in [-0.05, 0) is 18.4 Å². The predicted octanol–water partition coefficient (Wildman–Crippen LogP) is 1.53.